The van der Waals surface area contributed by atoms with Crippen molar-refractivity contribution in [3.63, 3.8) is 0 Å². The summed E-state index contributed by atoms with van der Waals surface area (Å²) in [4.78, 5) is 16.7. The molecular weight excluding hydrogens is 204 g/mol. The van der Waals surface area contributed by atoms with Crippen molar-refractivity contribution in [1.82, 2.24) is 0 Å². The molecule has 8 nitrogen and oxygen atoms in total. The topological polar surface area (TPSA) is 127 Å². The summed E-state index contributed by atoms with van der Waals surface area (Å²) in [5, 5.41) is 27.3. The monoisotopic (exact) mass is 206 g/mol. The highest BCUT2D eigenvalue weighted by Gasteiger charge is 1.65. The molecule has 0 aliphatic carbocycles. The maximum Gasteiger partial charge on any atom is 0.291 e. The molecule has 0 aliphatic heterocycles. The Hall–Kier alpha value is -1.12. The smallest absolute Gasteiger partial charge is 0.291 e. The number of nitrogens with zero attached hydrogens (tertiary/aromatic N) is 2. The molecule has 0 bridgehead atoms. The van der Waals surface area contributed by atoms with Crippen LogP contribution in [0.5, 0.6) is 0 Å². The van der Waals surface area contributed by atoms with E-state index in [1.165, 1.54) is 0 Å². The van der Waals surface area contributed by atoms with Crippen molar-refractivity contribution in [1.29, 1.82) is 0 Å². The van der Waals surface area contributed by atoms with Crippen LogP contribution in [-0.4, -0.2) is 20.6 Å². The molecule has 0 heterocycles. The van der Waals surface area contributed by atoms with Gasteiger partial charge in [-0.1, -0.05) is 0 Å². The SMILES string of the molecule is Br.O=[N+]([O-])O.O=[N+]([O-])O. The van der Waals surface area contributed by atoms with Crippen LogP contribution < -0.4 is 0 Å². The molecule has 9 heavy (non-hydrogen) atoms. The van der Waals surface area contributed by atoms with Gasteiger partial charge in [0.15, 0.2) is 0 Å². The first-order valence-corrected chi connectivity index (χ1v) is 1.13. The Labute approximate surface area is 58.7 Å². The van der Waals surface area contributed by atoms with Crippen molar-refractivity contribution in [2.75, 3.05) is 0 Å². The zero-order valence-electron chi connectivity index (χ0n) is 3.83. The van der Waals surface area contributed by atoms with Crippen molar-refractivity contribution < 1.29 is 20.6 Å². The quantitative estimate of drug-likeness (QED) is 0.421. The van der Waals surface area contributed by atoms with Crippen LogP contribution in [0.25, 0.3) is 0 Å². The molecule has 0 aliphatic rings. The maximum atomic E-state index is 8.36. The second-order valence-electron chi connectivity index (χ2n) is 0.476. The number of halogens is 1. The molecular formula is H3BrN2O6. The van der Waals surface area contributed by atoms with Crippen LogP contribution in [0.2, 0.25) is 0 Å². The van der Waals surface area contributed by atoms with E-state index in [2.05, 4.69) is 0 Å². The van der Waals surface area contributed by atoms with Crippen molar-refractivity contribution in [2.24, 2.45) is 0 Å². The summed E-state index contributed by atoms with van der Waals surface area (Å²) in [7, 11) is 0. The summed E-state index contributed by atoms with van der Waals surface area (Å²) in [6.45, 7) is 0. The van der Waals surface area contributed by atoms with E-state index >= 15 is 0 Å². The van der Waals surface area contributed by atoms with E-state index in [0.717, 1.165) is 0 Å². The Kier molecular flexibility index (Phi) is 17.4. The Morgan fingerprint density at radius 3 is 1.00 bits per heavy atom. The highest BCUT2D eigenvalue weighted by molar-refractivity contribution is 8.93. The van der Waals surface area contributed by atoms with Crippen molar-refractivity contribution in [3.8, 4) is 0 Å². The van der Waals surface area contributed by atoms with Gasteiger partial charge in [-0.15, -0.1) is 37.2 Å². The predicted molar refractivity (Wildman–Crippen MR) is 27.9 cm³/mol. The average molecular weight is 207 g/mol. The standard InChI is InChI=1S/BrH.2HNO3/c;2*2-1(3)4/h1H;2*(H,2,3,4). The van der Waals surface area contributed by atoms with E-state index in [0.29, 0.717) is 0 Å². The predicted octanol–water partition coefficient (Wildman–Crippen LogP) is -0.118. The summed E-state index contributed by atoms with van der Waals surface area (Å²) < 4.78 is 0. The van der Waals surface area contributed by atoms with Gasteiger partial charge >= 0.3 is 0 Å². The van der Waals surface area contributed by atoms with Gasteiger partial charge in [0, 0.05) is 0 Å². The first-order valence-electron chi connectivity index (χ1n) is 1.13. The first kappa shape index (κ1) is 15.7. The third kappa shape index (κ3) is 131. The molecule has 9 heteroatoms. The van der Waals surface area contributed by atoms with E-state index in [1.807, 2.05) is 0 Å². The van der Waals surface area contributed by atoms with Crippen LogP contribution in [0, 0.1) is 20.2 Å². The summed E-state index contributed by atoms with van der Waals surface area (Å²) in [5.41, 5.74) is 0. The second kappa shape index (κ2) is 9.99. The van der Waals surface area contributed by atoms with Crippen molar-refractivity contribution >= 4 is 17.0 Å². The van der Waals surface area contributed by atoms with Gasteiger partial charge < -0.3 is 10.4 Å². The Morgan fingerprint density at radius 1 is 1.00 bits per heavy atom. The lowest BCUT2D eigenvalue weighted by Gasteiger charge is -1.56. The lowest BCUT2D eigenvalue weighted by atomic mass is 13.1. The molecule has 0 rings (SSSR count). The largest absolute Gasteiger partial charge is 0.328 e. The molecule has 0 aromatic carbocycles. The average Bonchev–Trinajstić information content (AvgIpc) is 1.25. The minimum Gasteiger partial charge on any atom is -0.328 e. The van der Waals surface area contributed by atoms with Gasteiger partial charge in [0.05, 0.1) is 0 Å². The highest BCUT2D eigenvalue weighted by atomic mass is 79.9. The normalized spacial score (nSPS) is 5.33. The van der Waals surface area contributed by atoms with E-state index in [1.54, 1.807) is 0 Å². The summed E-state index contributed by atoms with van der Waals surface area (Å²) >= 11 is 0. The van der Waals surface area contributed by atoms with Crippen LogP contribution in [0.1, 0.15) is 0 Å². The number of hydrogen-bond donors (Lipinski definition) is 2. The summed E-state index contributed by atoms with van der Waals surface area (Å²) in [5.74, 6) is 0. The van der Waals surface area contributed by atoms with Gasteiger partial charge in [-0.2, -0.15) is 0 Å². The lowest BCUT2D eigenvalue weighted by Crippen LogP contribution is -1.81. The minimum absolute atomic E-state index is 0. The molecule has 0 spiro atoms. The molecule has 2 N–H and O–H groups in total. The Bertz CT molecular complexity index is 69.1. The molecule has 0 amide bonds. The summed E-state index contributed by atoms with van der Waals surface area (Å²) in [6, 6.07) is 0. The maximum absolute atomic E-state index is 8.36. The van der Waals surface area contributed by atoms with Crippen LogP contribution in [0.15, 0.2) is 0 Å². The summed E-state index contributed by atoms with van der Waals surface area (Å²) in [6.07, 6.45) is 0. The molecule has 0 radical (unpaired) electrons. The third-order valence-electron chi connectivity index (χ3n) is 0. The van der Waals surface area contributed by atoms with Crippen LogP contribution >= 0.6 is 17.0 Å². The van der Waals surface area contributed by atoms with Gasteiger partial charge in [0.2, 0.25) is 0 Å². The Balaban J connectivity index is -0.0000000720. The molecule has 0 saturated carbocycles. The molecule has 0 fully saturated rings. The Morgan fingerprint density at radius 2 is 1.00 bits per heavy atom. The van der Waals surface area contributed by atoms with Gasteiger partial charge in [-0.3, -0.25) is 0 Å². The van der Waals surface area contributed by atoms with Crippen LogP contribution in [-0.2, 0) is 0 Å². The zero-order valence-corrected chi connectivity index (χ0v) is 5.54. The minimum atomic E-state index is -1.50. The fourth-order valence-electron chi connectivity index (χ4n) is 0. The van der Waals surface area contributed by atoms with E-state index in [-0.39, 0.29) is 17.0 Å². The number of rotatable bonds is 0. The molecule has 0 unspecified atom stereocenters. The fourth-order valence-corrected chi connectivity index (χ4v) is 0. The van der Waals surface area contributed by atoms with Crippen molar-refractivity contribution in [3.05, 3.63) is 20.2 Å². The van der Waals surface area contributed by atoms with Gasteiger partial charge in [0.1, 0.15) is 0 Å². The molecule has 0 atom stereocenters. The molecule has 0 aromatic rings. The van der Waals surface area contributed by atoms with E-state index in [4.69, 9.17) is 30.6 Å². The number of hydrogen-bond acceptors (Lipinski definition) is 4. The highest BCUT2D eigenvalue weighted by Crippen LogP contribution is 1.38. The van der Waals surface area contributed by atoms with Crippen LogP contribution in [0.3, 0.4) is 0 Å². The molecule has 0 aromatic heterocycles. The van der Waals surface area contributed by atoms with Gasteiger partial charge in [0.25, 0.3) is 10.2 Å². The van der Waals surface area contributed by atoms with Crippen LogP contribution in [0.4, 0.5) is 0 Å². The van der Waals surface area contributed by atoms with E-state index < -0.39 is 10.2 Å². The zero-order chi connectivity index (χ0) is 7.15. The second-order valence-corrected chi connectivity index (χ2v) is 0.476. The molecule has 0 saturated heterocycles. The van der Waals surface area contributed by atoms with Gasteiger partial charge in [-0.05, 0) is 0 Å². The molecule has 56 valence electrons. The lowest BCUT2D eigenvalue weighted by molar-refractivity contribution is -0.742. The third-order valence-corrected chi connectivity index (χ3v) is 0. The van der Waals surface area contributed by atoms with Gasteiger partial charge in [-0.25, -0.2) is 0 Å². The van der Waals surface area contributed by atoms with Crippen molar-refractivity contribution in [2.45, 2.75) is 0 Å². The first-order chi connectivity index (χ1) is 3.46. The fraction of sp³-hybridized carbons (Fsp3) is 0. The van der Waals surface area contributed by atoms with E-state index in [9.17, 15) is 0 Å².